The van der Waals surface area contributed by atoms with Gasteiger partial charge in [-0.3, -0.25) is 4.79 Å². The lowest BCUT2D eigenvalue weighted by molar-refractivity contribution is -0.140. The van der Waals surface area contributed by atoms with Crippen LogP contribution in [0.3, 0.4) is 0 Å². The number of carbonyl (C=O) groups is 2. The predicted molar refractivity (Wildman–Crippen MR) is 101 cm³/mol. The van der Waals surface area contributed by atoms with Crippen molar-refractivity contribution in [2.75, 3.05) is 19.7 Å². The number of carbonyl (C=O) groups excluding carboxylic acids is 2. The first-order chi connectivity index (χ1) is 12.8. The van der Waals surface area contributed by atoms with Crippen LogP contribution in [0.25, 0.3) is 0 Å². The van der Waals surface area contributed by atoms with Crippen molar-refractivity contribution < 1.29 is 14.3 Å². The fourth-order valence-corrected chi connectivity index (χ4v) is 5.44. The van der Waals surface area contributed by atoms with E-state index in [1.54, 1.807) is 0 Å². The first kappa shape index (κ1) is 17.1. The maximum absolute atomic E-state index is 12.8. The molecule has 27 heavy (non-hydrogen) atoms. The zero-order chi connectivity index (χ0) is 19.0. The summed E-state index contributed by atoms with van der Waals surface area (Å²) in [5.41, 5.74) is 2.73. The van der Waals surface area contributed by atoms with E-state index < -0.39 is 0 Å². The van der Waals surface area contributed by atoms with Crippen LogP contribution in [0, 0.1) is 17.8 Å². The number of amides is 2. The Morgan fingerprint density at radius 3 is 2.52 bits per heavy atom. The molecule has 5 rings (SSSR count). The number of nitrogens with one attached hydrogen (secondary N) is 1. The molecule has 0 radical (unpaired) electrons. The Bertz CT molecular complexity index is 794. The van der Waals surface area contributed by atoms with Crippen molar-refractivity contribution in [1.29, 1.82) is 0 Å². The van der Waals surface area contributed by atoms with Crippen molar-refractivity contribution in [3.63, 3.8) is 0 Å². The highest BCUT2D eigenvalue weighted by Gasteiger charge is 2.59. The van der Waals surface area contributed by atoms with Crippen molar-refractivity contribution in [2.45, 2.75) is 50.5 Å². The van der Waals surface area contributed by atoms with E-state index in [0.717, 1.165) is 25.9 Å². The highest BCUT2D eigenvalue weighted by molar-refractivity contribution is 5.82. The van der Waals surface area contributed by atoms with E-state index in [1.807, 2.05) is 0 Å². The summed E-state index contributed by atoms with van der Waals surface area (Å²) in [5.74, 6) is 2.18. The van der Waals surface area contributed by atoms with E-state index in [1.165, 1.54) is 11.1 Å². The van der Waals surface area contributed by atoms with E-state index in [-0.39, 0.29) is 28.9 Å². The second-order valence-corrected chi connectivity index (χ2v) is 10.1. The largest absolute Gasteiger partial charge is 0.447 e. The molecule has 2 aliphatic carbocycles. The summed E-state index contributed by atoms with van der Waals surface area (Å²) in [6, 6.07) is 9.02. The minimum absolute atomic E-state index is 0.0483. The van der Waals surface area contributed by atoms with Crippen LogP contribution in [0.15, 0.2) is 24.3 Å². The van der Waals surface area contributed by atoms with Gasteiger partial charge >= 0.3 is 6.09 Å². The highest BCUT2D eigenvalue weighted by Crippen LogP contribution is 2.59. The van der Waals surface area contributed by atoms with Gasteiger partial charge in [0.1, 0.15) is 6.61 Å². The third-order valence-corrected chi connectivity index (χ3v) is 7.11. The average Bonchev–Trinajstić information content (AvgIpc) is 2.93. The lowest BCUT2D eigenvalue weighted by Crippen LogP contribution is -2.58. The molecule has 1 aromatic carbocycles. The molecule has 1 spiro atoms. The molecule has 1 aromatic rings. The normalized spacial score (nSPS) is 36.9. The molecular weight excluding hydrogens is 340 g/mol. The molecule has 2 saturated heterocycles. The molecule has 0 aromatic heterocycles. The number of piperidine rings is 1. The minimum Gasteiger partial charge on any atom is -0.447 e. The standard InChI is InChI=1S/C22H28N2O3/c1-21(2,3)15-6-4-5-13(7-15)18-16-10-24(11-17(16)18)19(25)14-8-22(9-14)12-27-20(26)23-22/h4-7,14,16-18H,8-12H2,1-3H3,(H,23,26)/t14-,16-,17+,18+,22+. The van der Waals surface area contributed by atoms with Crippen LogP contribution in [0.5, 0.6) is 0 Å². The molecule has 3 atom stereocenters. The lowest BCUT2D eigenvalue weighted by atomic mass is 9.68. The molecule has 0 bridgehead atoms. The van der Waals surface area contributed by atoms with Crippen LogP contribution in [0.1, 0.15) is 50.7 Å². The van der Waals surface area contributed by atoms with Gasteiger partial charge in [-0.05, 0) is 47.1 Å². The van der Waals surface area contributed by atoms with Crippen LogP contribution in [0.4, 0.5) is 4.79 Å². The van der Waals surface area contributed by atoms with Crippen molar-refractivity contribution in [2.24, 2.45) is 17.8 Å². The maximum atomic E-state index is 12.8. The molecule has 4 fully saturated rings. The fourth-order valence-electron chi connectivity index (χ4n) is 5.44. The highest BCUT2D eigenvalue weighted by atomic mass is 16.6. The van der Waals surface area contributed by atoms with Crippen LogP contribution in [-0.4, -0.2) is 42.1 Å². The van der Waals surface area contributed by atoms with E-state index in [4.69, 9.17) is 4.74 Å². The number of hydrogen-bond acceptors (Lipinski definition) is 3. The Balaban J connectivity index is 1.18. The van der Waals surface area contributed by atoms with Gasteiger partial charge in [-0.25, -0.2) is 4.79 Å². The number of nitrogens with zero attached hydrogens (tertiary/aromatic N) is 1. The van der Waals surface area contributed by atoms with Crippen LogP contribution in [0.2, 0.25) is 0 Å². The molecule has 4 aliphatic rings. The summed E-state index contributed by atoms with van der Waals surface area (Å²) >= 11 is 0. The van der Waals surface area contributed by atoms with Crippen molar-refractivity contribution in [1.82, 2.24) is 10.2 Å². The Morgan fingerprint density at radius 2 is 1.93 bits per heavy atom. The monoisotopic (exact) mass is 368 g/mol. The smallest absolute Gasteiger partial charge is 0.407 e. The molecule has 5 heteroatoms. The average molecular weight is 368 g/mol. The van der Waals surface area contributed by atoms with Gasteiger partial charge < -0.3 is 15.0 Å². The summed E-state index contributed by atoms with van der Waals surface area (Å²) < 4.78 is 5.01. The molecule has 2 aliphatic heterocycles. The zero-order valence-corrected chi connectivity index (χ0v) is 16.3. The Labute approximate surface area is 160 Å². The first-order valence-corrected chi connectivity index (χ1v) is 10.1. The number of hydrogen-bond donors (Lipinski definition) is 1. The van der Waals surface area contributed by atoms with E-state index in [0.29, 0.717) is 24.4 Å². The number of alkyl carbamates (subject to hydrolysis) is 1. The molecule has 0 unspecified atom stereocenters. The molecule has 2 heterocycles. The Morgan fingerprint density at radius 1 is 1.22 bits per heavy atom. The minimum atomic E-state index is -0.344. The predicted octanol–water partition coefficient (Wildman–Crippen LogP) is 3.04. The van der Waals surface area contributed by atoms with Gasteiger partial charge in [0.15, 0.2) is 0 Å². The molecule has 2 amide bonds. The number of ether oxygens (including phenoxy) is 1. The van der Waals surface area contributed by atoms with Crippen LogP contribution >= 0.6 is 0 Å². The van der Waals surface area contributed by atoms with Crippen LogP contribution < -0.4 is 5.32 Å². The summed E-state index contributed by atoms with van der Waals surface area (Å²) in [5, 5.41) is 2.87. The summed E-state index contributed by atoms with van der Waals surface area (Å²) in [4.78, 5) is 26.1. The van der Waals surface area contributed by atoms with Gasteiger partial charge in [-0.15, -0.1) is 0 Å². The second kappa shape index (κ2) is 5.49. The second-order valence-electron chi connectivity index (χ2n) is 10.1. The number of cyclic esters (lactones) is 1. The third-order valence-electron chi connectivity index (χ3n) is 7.11. The third kappa shape index (κ3) is 2.74. The first-order valence-electron chi connectivity index (χ1n) is 10.1. The van der Waals surface area contributed by atoms with Gasteiger partial charge in [-0.1, -0.05) is 45.0 Å². The number of fused-ring (bicyclic) bond motifs is 1. The van der Waals surface area contributed by atoms with Gasteiger partial charge in [0.2, 0.25) is 5.91 Å². The topological polar surface area (TPSA) is 58.6 Å². The molecule has 1 N–H and O–H groups in total. The Hall–Kier alpha value is -2.04. The number of benzene rings is 1. The number of rotatable bonds is 2. The van der Waals surface area contributed by atoms with Gasteiger partial charge in [0, 0.05) is 19.0 Å². The summed E-state index contributed by atoms with van der Waals surface area (Å²) in [6.07, 6.45) is 1.10. The van der Waals surface area contributed by atoms with Gasteiger partial charge in [-0.2, -0.15) is 0 Å². The molecule has 5 nitrogen and oxygen atoms in total. The van der Waals surface area contributed by atoms with E-state index in [2.05, 4.69) is 55.3 Å². The van der Waals surface area contributed by atoms with E-state index in [9.17, 15) is 9.59 Å². The Kier molecular flexibility index (Phi) is 3.47. The number of likely N-dealkylation sites (tertiary alicyclic amines) is 1. The van der Waals surface area contributed by atoms with E-state index >= 15 is 0 Å². The lowest BCUT2D eigenvalue weighted by Gasteiger charge is -2.43. The maximum Gasteiger partial charge on any atom is 0.407 e. The quantitative estimate of drug-likeness (QED) is 0.873. The molecule has 144 valence electrons. The van der Waals surface area contributed by atoms with Crippen molar-refractivity contribution in [3.8, 4) is 0 Å². The van der Waals surface area contributed by atoms with Crippen molar-refractivity contribution >= 4 is 12.0 Å². The fraction of sp³-hybridized carbons (Fsp3) is 0.636. The molecular formula is C22H28N2O3. The SMILES string of the molecule is CC(C)(C)c1cccc([C@H]2[C@@H]3CN(C(=O)[C@H]4C[C@]5(COC(=O)N5)C4)C[C@@H]32)c1. The van der Waals surface area contributed by atoms with Gasteiger partial charge in [0.05, 0.1) is 5.54 Å². The van der Waals surface area contributed by atoms with Crippen LogP contribution in [-0.2, 0) is 14.9 Å². The van der Waals surface area contributed by atoms with Gasteiger partial charge in [0.25, 0.3) is 0 Å². The molecule has 2 saturated carbocycles. The zero-order valence-electron chi connectivity index (χ0n) is 16.3. The van der Waals surface area contributed by atoms with Crippen molar-refractivity contribution in [3.05, 3.63) is 35.4 Å². The summed E-state index contributed by atoms with van der Waals surface area (Å²) in [7, 11) is 0. The summed E-state index contributed by atoms with van der Waals surface area (Å²) in [6.45, 7) is 8.95.